The number of amides is 2. The topological polar surface area (TPSA) is 89.1 Å². The Balaban J connectivity index is 1.34. The van der Waals surface area contributed by atoms with Gasteiger partial charge in [0.05, 0.1) is 0 Å². The number of alkyl halides is 2. The number of hydrogen-bond donors (Lipinski definition) is 2. The summed E-state index contributed by atoms with van der Waals surface area (Å²) in [7, 11) is 0. The third kappa shape index (κ3) is 6.95. The number of fused-ring (bicyclic) bond motifs is 1. The van der Waals surface area contributed by atoms with Gasteiger partial charge in [0.1, 0.15) is 5.60 Å². The quantitative estimate of drug-likeness (QED) is 0.706. The maximum atomic E-state index is 13.1. The van der Waals surface area contributed by atoms with E-state index in [2.05, 4.69) is 25.0 Å². The van der Waals surface area contributed by atoms with Crippen LogP contribution in [0.1, 0.15) is 44.0 Å². The average molecular weight is 441 g/mol. The molecule has 3 rings (SSSR count). The molecule has 0 bridgehead atoms. The highest BCUT2D eigenvalue weighted by Crippen LogP contribution is 2.41. The monoisotopic (exact) mass is 441 g/mol. The average Bonchev–Trinajstić information content (AvgIpc) is 2.98. The zero-order valence-corrected chi connectivity index (χ0v) is 18.0. The fourth-order valence-corrected chi connectivity index (χ4v) is 3.47. The second-order valence-electron chi connectivity index (χ2n) is 8.75. The van der Waals surface area contributed by atoms with Crippen LogP contribution in [-0.4, -0.2) is 61.5 Å². The zero-order valence-electron chi connectivity index (χ0n) is 18.0. The first-order chi connectivity index (χ1) is 14.5. The molecule has 31 heavy (non-hydrogen) atoms. The Morgan fingerprint density at radius 3 is 2.52 bits per heavy atom. The molecule has 0 aromatic heterocycles. The summed E-state index contributed by atoms with van der Waals surface area (Å²) in [6, 6.07) is 3.99. The van der Waals surface area contributed by atoms with Gasteiger partial charge in [-0.2, -0.15) is 0 Å². The van der Waals surface area contributed by atoms with Gasteiger partial charge >= 0.3 is 12.4 Å². The minimum absolute atomic E-state index is 0.0879. The molecule has 0 radical (unpaired) electrons. The van der Waals surface area contributed by atoms with Crippen LogP contribution in [0.15, 0.2) is 18.2 Å². The molecule has 2 heterocycles. The van der Waals surface area contributed by atoms with Gasteiger partial charge in [-0.3, -0.25) is 4.79 Å². The summed E-state index contributed by atoms with van der Waals surface area (Å²) < 4.78 is 40.1. The molecule has 2 aliphatic heterocycles. The summed E-state index contributed by atoms with van der Waals surface area (Å²) in [5.74, 6) is -0.246. The molecule has 2 aliphatic rings. The van der Waals surface area contributed by atoms with E-state index < -0.39 is 18.0 Å². The van der Waals surface area contributed by atoms with Gasteiger partial charge in [0.25, 0.3) is 5.91 Å². The van der Waals surface area contributed by atoms with Crippen molar-refractivity contribution in [3.05, 3.63) is 23.8 Å². The highest BCUT2D eigenvalue weighted by Gasteiger charge is 2.43. The molecule has 0 aliphatic carbocycles. The second-order valence-corrected chi connectivity index (χ2v) is 8.75. The molecule has 1 aromatic carbocycles. The van der Waals surface area contributed by atoms with Crippen molar-refractivity contribution in [2.45, 2.75) is 45.5 Å². The molecule has 172 valence electrons. The lowest BCUT2D eigenvalue weighted by Gasteiger charge is -2.32. The van der Waals surface area contributed by atoms with E-state index in [4.69, 9.17) is 4.74 Å². The van der Waals surface area contributed by atoms with Crippen molar-refractivity contribution in [1.29, 1.82) is 0 Å². The van der Waals surface area contributed by atoms with Crippen LogP contribution in [0.4, 0.5) is 13.6 Å². The first kappa shape index (κ1) is 23.1. The Bertz CT molecular complexity index is 805. The number of alkyl carbamates (subject to hydrolysis) is 1. The van der Waals surface area contributed by atoms with Gasteiger partial charge in [0.2, 0.25) is 0 Å². The van der Waals surface area contributed by atoms with Crippen LogP contribution < -0.4 is 20.1 Å². The van der Waals surface area contributed by atoms with Crippen LogP contribution in [0.2, 0.25) is 0 Å². The Kier molecular flexibility index (Phi) is 6.88. The lowest BCUT2D eigenvalue weighted by atomic mass is 9.96. The molecule has 0 spiro atoms. The lowest BCUT2D eigenvalue weighted by molar-refractivity contribution is -0.286. The van der Waals surface area contributed by atoms with Crippen LogP contribution in [0, 0.1) is 5.92 Å². The van der Waals surface area contributed by atoms with Crippen molar-refractivity contribution in [1.82, 2.24) is 15.5 Å². The van der Waals surface area contributed by atoms with Crippen molar-refractivity contribution in [2.24, 2.45) is 5.92 Å². The second kappa shape index (κ2) is 9.25. The minimum atomic E-state index is -3.70. The van der Waals surface area contributed by atoms with Gasteiger partial charge in [-0.25, -0.2) is 4.79 Å². The number of likely N-dealkylation sites (tertiary alicyclic amines) is 1. The predicted molar refractivity (Wildman–Crippen MR) is 108 cm³/mol. The highest BCUT2D eigenvalue weighted by atomic mass is 19.3. The largest absolute Gasteiger partial charge is 0.586 e. The first-order valence-electron chi connectivity index (χ1n) is 10.4. The van der Waals surface area contributed by atoms with E-state index in [9.17, 15) is 18.4 Å². The number of halogens is 2. The number of nitrogens with one attached hydrogen (secondary N) is 2. The van der Waals surface area contributed by atoms with Crippen LogP contribution in [0.25, 0.3) is 0 Å². The van der Waals surface area contributed by atoms with Gasteiger partial charge < -0.3 is 29.7 Å². The Hall–Kier alpha value is -2.62. The molecule has 1 saturated heterocycles. The predicted octanol–water partition coefficient (Wildman–Crippen LogP) is 2.97. The Morgan fingerprint density at radius 2 is 1.84 bits per heavy atom. The lowest BCUT2D eigenvalue weighted by Crippen LogP contribution is -2.42. The molecule has 0 unspecified atom stereocenters. The number of carbonyl (C=O) groups excluding carboxylic acids is 2. The number of rotatable bonds is 6. The van der Waals surface area contributed by atoms with Gasteiger partial charge in [-0.1, -0.05) is 0 Å². The molecule has 2 N–H and O–H groups in total. The first-order valence-corrected chi connectivity index (χ1v) is 10.4. The van der Waals surface area contributed by atoms with E-state index in [-0.39, 0.29) is 23.0 Å². The maximum absolute atomic E-state index is 13.1. The Labute approximate surface area is 180 Å². The van der Waals surface area contributed by atoms with Crippen molar-refractivity contribution in [2.75, 3.05) is 32.7 Å². The highest BCUT2D eigenvalue weighted by molar-refractivity contribution is 5.94. The SMILES string of the molecule is CC(C)(C)OC(=O)NCCN1CCC(CNC(=O)c2ccc3c(c2)OC(F)(F)O3)CC1. The van der Waals surface area contributed by atoms with E-state index in [0.717, 1.165) is 32.5 Å². The summed E-state index contributed by atoms with van der Waals surface area (Å²) in [5, 5.41) is 5.61. The fraction of sp³-hybridized carbons (Fsp3) is 0.619. The van der Waals surface area contributed by atoms with Crippen molar-refractivity contribution in [3.63, 3.8) is 0 Å². The number of piperidine rings is 1. The summed E-state index contributed by atoms with van der Waals surface area (Å²) >= 11 is 0. The van der Waals surface area contributed by atoms with Gasteiger partial charge in [0, 0.05) is 25.2 Å². The normalized spacial score (nSPS) is 18.5. The molecule has 1 fully saturated rings. The number of nitrogens with zero attached hydrogens (tertiary/aromatic N) is 1. The maximum Gasteiger partial charge on any atom is 0.586 e. The molecule has 2 amide bonds. The van der Waals surface area contributed by atoms with E-state index in [1.807, 2.05) is 20.8 Å². The van der Waals surface area contributed by atoms with Crippen LogP contribution >= 0.6 is 0 Å². The van der Waals surface area contributed by atoms with Gasteiger partial charge in [0.15, 0.2) is 11.5 Å². The molecule has 0 atom stereocenters. The fourth-order valence-electron chi connectivity index (χ4n) is 3.47. The van der Waals surface area contributed by atoms with E-state index >= 15 is 0 Å². The summed E-state index contributed by atoms with van der Waals surface area (Å²) in [6.45, 7) is 8.96. The molecule has 8 nitrogen and oxygen atoms in total. The third-order valence-corrected chi connectivity index (χ3v) is 5.02. The molecule has 0 saturated carbocycles. The van der Waals surface area contributed by atoms with Crippen molar-refractivity contribution >= 4 is 12.0 Å². The Morgan fingerprint density at radius 1 is 1.16 bits per heavy atom. The number of ether oxygens (including phenoxy) is 3. The van der Waals surface area contributed by atoms with Crippen LogP contribution in [-0.2, 0) is 4.74 Å². The van der Waals surface area contributed by atoms with Gasteiger partial charge in [-0.05, 0) is 70.8 Å². The van der Waals surface area contributed by atoms with Crippen molar-refractivity contribution < 1.29 is 32.6 Å². The number of benzene rings is 1. The molecular formula is C21H29F2N3O5. The molecule has 1 aromatic rings. The van der Waals surface area contributed by atoms with E-state index in [1.54, 1.807) is 0 Å². The van der Waals surface area contributed by atoms with Gasteiger partial charge in [-0.15, -0.1) is 8.78 Å². The van der Waals surface area contributed by atoms with Crippen LogP contribution in [0.5, 0.6) is 11.5 Å². The third-order valence-electron chi connectivity index (χ3n) is 5.02. The molecule has 10 heteroatoms. The van der Waals surface area contributed by atoms with Crippen LogP contribution in [0.3, 0.4) is 0 Å². The standard InChI is InChI=1S/C21H29F2N3O5/c1-20(2,3)31-19(28)24-8-11-26-9-6-14(7-10-26)13-25-18(27)15-4-5-16-17(12-15)30-21(22,23)29-16/h4-5,12,14H,6-11,13H2,1-3H3,(H,24,28)(H,25,27). The number of carbonyl (C=O) groups is 2. The zero-order chi connectivity index (χ0) is 22.6. The van der Waals surface area contributed by atoms with E-state index in [1.165, 1.54) is 18.2 Å². The molecular weight excluding hydrogens is 412 g/mol. The summed E-state index contributed by atoms with van der Waals surface area (Å²) in [4.78, 5) is 26.3. The smallest absolute Gasteiger partial charge is 0.444 e. The van der Waals surface area contributed by atoms with Crippen molar-refractivity contribution in [3.8, 4) is 11.5 Å². The number of hydrogen-bond acceptors (Lipinski definition) is 6. The summed E-state index contributed by atoms with van der Waals surface area (Å²) in [6.07, 6.45) is -2.29. The van der Waals surface area contributed by atoms with E-state index in [0.29, 0.717) is 19.0 Å². The summed E-state index contributed by atoms with van der Waals surface area (Å²) in [5.41, 5.74) is -0.274. The minimum Gasteiger partial charge on any atom is -0.444 e.